The summed E-state index contributed by atoms with van der Waals surface area (Å²) in [5.41, 5.74) is 3.73. The van der Waals surface area contributed by atoms with E-state index in [9.17, 15) is 22.8 Å². The Morgan fingerprint density at radius 1 is 1.04 bits per heavy atom. The van der Waals surface area contributed by atoms with Crippen molar-refractivity contribution in [2.75, 3.05) is 11.9 Å². The highest BCUT2D eigenvalue weighted by Crippen LogP contribution is 2.25. The van der Waals surface area contributed by atoms with Crippen LogP contribution < -0.4 is 15.4 Å². The van der Waals surface area contributed by atoms with E-state index >= 15 is 0 Å². The standard InChI is InChI=1S/C20H21F3N2O3/c1-12-7-8-13(2)18(14(12)3)28-11-17(26)25-16-6-4-5-15(9-16)10-24-19(27)20(21,22)23/h4-9H,10-11H2,1-3H3,(H,24,27)(H,25,26). The topological polar surface area (TPSA) is 67.4 Å². The molecule has 28 heavy (non-hydrogen) atoms. The Morgan fingerprint density at radius 2 is 1.71 bits per heavy atom. The van der Waals surface area contributed by atoms with Crippen LogP contribution in [0.25, 0.3) is 0 Å². The summed E-state index contributed by atoms with van der Waals surface area (Å²) < 4.78 is 42.3. The fourth-order valence-electron chi connectivity index (χ4n) is 2.52. The first kappa shape index (κ1) is 21.3. The number of benzene rings is 2. The van der Waals surface area contributed by atoms with Crippen molar-refractivity contribution in [3.8, 4) is 5.75 Å². The third-order valence-electron chi connectivity index (χ3n) is 4.14. The molecule has 0 bridgehead atoms. The van der Waals surface area contributed by atoms with Crippen LogP contribution in [0.5, 0.6) is 5.75 Å². The van der Waals surface area contributed by atoms with Gasteiger partial charge in [0, 0.05) is 12.2 Å². The number of nitrogens with one attached hydrogen (secondary N) is 2. The Morgan fingerprint density at radius 3 is 2.39 bits per heavy atom. The Balaban J connectivity index is 1.94. The first-order valence-corrected chi connectivity index (χ1v) is 8.51. The molecule has 5 nitrogen and oxygen atoms in total. The molecular weight excluding hydrogens is 373 g/mol. The molecule has 0 heterocycles. The van der Waals surface area contributed by atoms with Crippen LogP contribution in [0.4, 0.5) is 18.9 Å². The second kappa shape index (κ2) is 8.77. The van der Waals surface area contributed by atoms with Gasteiger partial charge in [-0.25, -0.2) is 0 Å². The van der Waals surface area contributed by atoms with Gasteiger partial charge in [0.1, 0.15) is 5.75 Å². The van der Waals surface area contributed by atoms with Crippen LogP contribution in [0.1, 0.15) is 22.3 Å². The molecule has 0 spiro atoms. The molecule has 0 aromatic heterocycles. The van der Waals surface area contributed by atoms with Gasteiger partial charge in [0.2, 0.25) is 0 Å². The molecule has 2 rings (SSSR count). The van der Waals surface area contributed by atoms with Gasteiger partial charge in [-0.15, -0.1) is 0 Å². The van der Waals surface area contributed by atoms with Gasteiger partial charge in [0.25, 0.3) is 5.91 Å². The molecule has 0 aliphatic carbocycles. The number of carbonyl (C=O) groups is 2. The van der Waals surface area contributed by atoms with Crippen LogP contribution in [0, 0.1) is 20.8 Å². The number of halogens is 3. The van der Waals surface area contributed by atoms with Gasteiger partial charge < -0.3 is 15.4 Å². The number of amides is 2. The Kier molecular flexibility index (Phi) is 6.66. The second-order valence-corrected chi connectivity index (χ2v) is 6.37. The molecule has 2 N–H and O–H groups in total. The van der Waals surface area contributed by atoms with Crippen molar-refractivity contribution in [3.63, 3.8) is 0 Å². The molecule has 2 amide bonds. The van der Waals surface area contributed by atoms with Gasteiger partial charge in [0.05, 0.1) is 0 Å². The van der Waals surface area contributed by atoms with Gasteiger partial charge in [-0.05, 0) is 55.2 Å². The Bertz CT molecular complexity index is 879. The van der Waals surface area contributed by atoms with Crippen molar-refractivity contribution in [3.05, 3.63) is 58.7 Å². The van der Waals surface area contributed by atoms with E-state index < -0.39 is 18.0 Å². The molecule has 150 valence electrons. The van der Waals surface area contributed by atoms with E-state index in [0.29, 0.717) is 17.0 Å². The van der Waals surface area contributed by atoms with Crippen LogP contribution in [0.3, 0.4) is 0 Å². The average Bonchev–Trinajstić information content (AvgIpc) is 2.62. The smallest absolute Gasteiger partial charge is 0.471 e. The third-order valence-corrected chi connectivity index (χ3v) is 4.14. The molecule has 0 aliphatic rings. The lowest BCUT2D eigenvalue weighted by molar-refractivity contribution is -0.173. The number of rotatable bonds is 6. The fourth-order valence-corrected chi connectivity index (χ4v) is 2.52. The maximum atomic E-state index is 12.2. The zero-order chi connectivity index (χ0) is 20.9. The van der Waals surface area contributed by atoms with Gasteiger partial charge in [-0.1, -0.05) is 24.3 Å². The molecular formula is C20H21F3N2O3. The van der Waals surface area contributed by atoms with Crippen molar-refractivity contribution in [2.24, 2.45) is 0 Å². The van der Waals surface area contributed by atoms with Crippen LogP contribution >= 0.6 is 0 Å². The molecule has 0 unspecified atom stereocenters. The van der Waals surface area contributed by atoms with E-state index in [0.717, 1.165) is 16.7 Å². The summed E-state index contributed by atoms with van der Waals surface area (Å²) in [5, 5.41) is 4.41. The lowest BCUT2D eigenvalue weighted by Gasteiger charge is -2.14. The molecule has 0 radical (unpaired) electrons. The van der Waals surface area contributed by atoms with E-state index in [-0.39, 0.29) is 13.2 Å². The van der Waals surface area contributed by atoms with Gasteiger partial charge >= 0.3 is 12.1 Å². The van der Waals surface area contributed by atoms with Crippen LogP contribution in [0.2, 0.25) is 0 Å². The normalized spacial score (nSPS) is 11.1. The first-order chi connectivity index (χ1) is 13.1. The minimum absolute atomic E-state index is 0.208. The molecule has 2 aromatic carbocycles. The van der Waals surface area contributed by atoms with E-state index in [2.05, 4.69) is 5.32 Å². The minimum Gasteiger partial charge on any atom is -0.483 e. The zero-order valence-electron chi connectivity index (χ0n) is 15.7. The number of ether oxygens (including phenoxy) is 1. The summed E-state index contributed by atoms with van der Waals surface area (Å²) in [7, 11) is 0. The highest BCUT2D eigenvalue weighted by atomic mass is 19.4. The first-order valence-electron chi connectivity index (χ1n) is 8.51. The van der Waals surface area contributed by atoms with Crippen LogP contribution in [-0.2, 0) is 16.1 Å². The number of anilines is 1. The predicted octanol–water partition coefficient (Wildman–Crippen LogP) is 3.81. The molecule has 0 aliphatic heterocycles. The molecule has 0 atom stereocenters. The molecule has 0 fully saturated rings. The monoisotopic (exact) mass is 394 g/mol. The summed E-state index contributed by atoms with van der Waals surface area (Å²) >= 11 is 0. The molecule has 2 aromatic rings. The average molecular weight is 394 g/mol. The summed E-state index contributed by atoms with van der Waals surface area (Å²) in [6.45, 7) is 5.23. The van der Waals surface area contributed by atoms with E-state index in [4.69, 9.17) is 4.74 Å². The molecule has 0 saturated carbocycles. The Labute approximate surface area is 160 Å². The number of hydrogen-bond donors (Lipinski definition) is 2. The maximum Gasteiger partial charge on any atom is 0.471 e. The number of hydrogen-bond acceptors (Lipinski definition) is 3. The lowest BCUT2D eigenvalue weighted by Crippen LogP contribution is -2.36. The van der Waals surface area contributed by atoms with Gasteiger partial charge in [-0.2, -0.15) is 13.2 Å². The summed E-state index contributed by atoms with van der Waals surface area (Å²) in [4.78, 5) is 23.0. The minimum atomic E-state index is -4.94. The quantitative estimate of drug-likeness (QED) is 0.783. The van der Waals surface area contributed by atoms with Crippen LogP contribution in [-0.4, -0.2) is 24.6 Å². The largest absolute Gasteiger partial charge is 0.483 e. The third kappa shape index (κ3) is 5.73. The van der Waals surface area contributed by atoms with Crippen molar-refractivity contribution >= 4 is 17.5 Å². The van der Waals surface area contributed by atoms with E-state index in [1.165, 1.54) is 6.07 Å². The number of carbonyl (C=O) groups excluding carboxylic acids is 2. The number of aryl methyl sites for hydroxylation is 2. The Hall–Kier alpha value is -3.03. The predicted molar refractivity (Wildman–Crippen MR) is 99.1 cm³/mol. The van der Waals surface area contributed by atoms with Gasteiger partial charge in [0.15, 0.2) is 6.61 Å². The highest BCUT2D eigenvalue weighted by molar-refractivity contribution is 5.92. The molecule has 0 saturated heterocycles. The van der Waals surface area contributed by atoms with E-state index in [1.807, 2.05) is 32.9 Å². The second-order valence-electron chi connectivity index (χ2n) is 6.37. The summed E-state index contributed by atoms with van der Waals surface area (Å²) in [6.07, 6.45) is -4.94. The molecule has 8 heteroatoms. The lowest BCUT2D eigenvalue weighted by atomic mass is 10.1. The summed E-state index contributed by atoms with van der Waals surface area (Å²) in [6, 6.07) is 10.1. The highest BCUT2D eigenvalue weighted by Gasteiger charge is 2.38. The fraction of sp³-hybridized carbons (Fsp3) is 0.300. The maximum absolute atomic E-state index is 12.2. The summed E-state index contributed by atoms with van der Waals surface area (Å²) in [5.74, 6) is -1.77. The van der Waals surface area contributed by atoms with Crippen LogP contribution in [0.15, 0.2) is 36.4 Å². The van der Waals surface area contributed by atoms with Crippen molar-refractivity contribution in [1.29, 1.82) is 0 Å². The SMILES string of the molecule is Cc1ccc(C)c(OCC(=O)Nc2cccc(CNC(=O)C(F)(F)F)c2)c1C. The number of alkyl halides is 3. The van der Waals surface area contributed by atoms with Crippen molar-refractivity contribution in [1.82, 2.24) is 5.32 Å². The van der Waals surface area contributed by atoms with E-state index in [1.54, 1.807) is 23.5 Å². The van der Waals surface area contributed by atoms with Crippen molar-refractivity contribution < 1.29 is 27.5 Å². The van der Waals surface area contributed by atoms with Gasteiger partial charge in [-0.3, -0.25) is 9.59 Å². The zero-order valence-corrected chi connectivity index (χ0v) is 15.7. The van der Waals surface area contributed by atoms with Crippen molar-refractivity contribution in [2.45, 2.75) is 33.5 Å².